The van der Waals surface area contributed by atoms with Gasteiger partial charge in [0.05, 0.1) is 12.9 Å². The summed E-state index contributed by atoms with van der Waals surface area (Å²) in [6.07, 6.45) is 1.92. The fourth-order valence-electron chi connectivity index (χ4n) is 1.90. The zero-order valence-electron chi connectivity index (χ0n) is 8.32. The van der Waals surface area contributed by atoms with Crippen LogP contribution in [0.2, 0.25) is 0 Å². The zero-order valence-corrected chi connectivity index (χ0v) is 9.13. The third-order valence-electron chi connectivity index (χ3n) is 2.42. The number of rotatable bonds is 2. The number of nitrogens with zero attached hydrogens (tertiary/aromatic N) is 1. The van der Waals surface area contributed by atoms with Crippen LogP contribution in [0.3, 0.4) is 0 Å². The monoisotopic (exact) mass is 207 g/mol. The minimum Gasteiger partial charge on any atom is -0.395 e. The topological polar surface area (TPSA) is 57.6 Å². The van der Waals surface area contributed by atoms with Gasteiger partial charge in [-0.3, -0.25) is 0 Å². The van der Waals surface area contributed by atoms with Crippen molar-refractivity contribution in [2.75, 3.05) is 19.4 Å². The van der Waals surface area contributed by atoms with Gasteiger partial charge in [0.2, 0.25) is 10.0 Å². The highest BCUT2D eigenvalue weighted by Gasteiger charge is 2.41. The van der Waals surface area contributed by atoms with Crippen LogP contribution in [0.1, 0.15) is 20.3 Å². The van der Waals surface area contributed by atoms with Crippen LogP contribution in [0, 0.1) is 5.41 Å². The van der Waals surface area contributed by atoms with Gasteiger partial charge >= 0.3 is 0 Å². The van der Waals surface area contributed by atoms with Crippen molar-refractivity contribution in [1.29, 1.82) is 0 Å². The van der Waals surface area contributed by atoms with Crippen molar-refractivity contribution in [3.63, 3.8) is 0 Å². The summed E-state index contributed by atoms with van der Waals surface area (Å²) in [4.78, 5) is 0. The molecule has 0 saturated carbocycles. The predicted molar refractivity (Wildman–Crippen MR) is 50.8 cm³/mol. The van der Waals surface area contributed by atoms with E-state index in [1.807, 2.05) is 13.8 Å². The molecule has 1 aliphatic heterocycles. The highest BCUT2D eigenvalue weighted by Crippen LogP contribution is 2.34. The number of hydrogen-bond acceptors (Lipinski definition) is 3. The molecular weight excluding hydrogens is 190 g/mol. The van der Waals surface area contributed by atoms with E-state index in [1.54, 1.807) is 0 Å². The first kappa shape index (κ1) is 10.9. The lowest BCUT2D eigenvalue weighted by Gasteiger charge is -2.20. The molecule has 4 nitrogen and oxygen atoms in total. The molecular formula is C8H17NO3S. The molecule has 5 heteroatoms. The van der Waals surface area contributed by atoms with Crippen LogP contribution in [-0.2, 0) is 10.0 Å². The summed E-state index contributed by atoms with van der Waals surface area (Å²) in [5, 5.41) is 9.03. The van der Waals surface area contributed by atoms with Gasteiger partial charge in [-0.2, -0.15) is 4.31 Å². The average molecular weight is 207 g/mol. The van der Waals surface area contributed by atoms with Crippen LogP contribution in [0.4, 0.5) is 0 Å². The first-order chi connectivity index (χ1) is 5.76. The Labute approximate surface area is 79.6 Å². The van der Waals surface area contributed by atoms with E-state index in [0.717, 1.165) is 6.42 Å². The van der Waals surface area contributed by atoms with Crippen molar-refractivity contribution in [1.82, 2.24) is 4.31 Å². The average Bonchev–Trinajstić information content (AvgIpc) is 2.24. The molecule has 1 aliphatic rings. The second-order valence-electron chi connectivity index (χ2n) is 4.51. The number of aliphatic hydroxyl groups excluding tert-OH is 1. The van der Waals surface area contributed by atoms with Crippen molar-refractivity contribution >= 4 is 10.0 Å². The summed E-state index contributed by atoms with van der Waals surface area (Å²) >= 11 is 0. The zero-order chi connectivity index (χ0) is 10.3. The predicted octanol–water partition coefficient (Wildman–Crippen LogP) is 0.0388. The SMILES string of the molecule is CC1(C)CC(CO)N(S(C)(=O)=O)C1. The van der Waals surface area contributed by atoms with E-state index < -0.39 is 10.0 Å². The second-order valence-corrected chi connectivity index (χ2v) is 6.45. The maximum Gasteiger partial charge on any atom is 0.211 e. The number of sulfonamides is 1. The van der Waals surface area contributed by atoms with E-state index in [1.165, 1.54) is 10.6 Å². The molecule has 1 atom stereocenters. The van der Waals surface area contributed by atoms with E-state index in [9.17, 15) is 8.42 Å². The Morgan fingerprint density at radius 3 is 2.38 bits per heavy atom. The molecule has 0 bridgehead atoms. The van der Waals surface area contributed by atoms with Crippen LogP contribution in [-0.4, -0.2) is 43.3 Å². The molecule has 0 radical (unpaired) electrons. The number of aliphatic hydroxyl groups is 1. The molecule has 0 spiro atoms. The molecule has 13 heavy (non-hydrogen) atoms. The lowest BCUT2D eigenvalue weighted by Crippen LogP contribution is -2.37. The highest BCUT2D eigenvalue weighted by atomic mass is 32.2. The van der Waals surface area contributed by atoms with Crippen LogP contribution >= 0.6 is 0 Å². The molecule has 0 aromatic heterocycles. The Morgan fingerprint density at radius 2 is 2.08 bits per heavy atom. The third-order valence-corrected chi connectivity index (χ3v) is 3.70. The molecule has 1 unspecified atom stereocenters. The van der Waals surface area contributed by atoms with Gasteiger partial charge in [0.15, 0.2) is 0 Å². The maximum atomic E-state index is 11.3. The lowest BCUT2D eigenvalue weighted by molar-refractivity contribution is 0.213. The van der Waals surface area contributed by atoms with Gasteiger partial charge in [-0.05, 0) is 11.8 Å². The van der Waals surface area contributed by atoms with Crippen molar-refractivity contribution in [3.05, 3.63) is 0 Å². The van der Waals surface area contributed by atoms with Gasteiger partial charge in [0.25, 0.3) is 0 Å². The van der Waals surface area contributed by atoms with Crippen molar-refractivity contribution in [2.24, 2.45) is 5.41 Å². The summed E-state index contributed by atoms with van der Waals surface area (Å²) in [5.74, 6) is 0. The van der Waals surface area contributed by atoms with Gasteiger partial charge < -0.3 is 5.11 Å². The normalized spacial score (nSPS) is 29.4. The molecule has 1 N–H and O–H groups in total. The van der Waals surface area contributed by atoms with Crippen LogP contribution in [0.25, 0.3) is 0 Å². The Bertz CT molecular complexity index is 284. The smallest absolute Gasteiger partial charge is 0.211 e. The largest absolute Gasteiger partial charge is 0.395 e. The number of hydrogen-bond donors (Lipinski definition) is 1. The van der Waals surface area contributed by atoms with Crippen molar-refractivity contribution in [3.8, 4) is 0 Å². The van der Waals surface area contributed by atoms with Gasteiger partial charge in [0, 0.05) is 12.6 Å². The Hall–Kier alpha value is -0.130. The molecule has 0 aromatic carbocycles. The molecule has 1 saturated heterocycles. The molecule has 1 heterocycles. The summed E-state index contributed by atoms with van der Waals surface area (Å²) in [5.41, 5.74) is -0.0174. The van der Waals surface area contributed by atoms with Crippen molar-refractivity contribution in [2.45, 2.75) is 26.3 Å². The Balaban J connectivity index is 2.88. The fraction of sp³-hybridized carbons (Fsp3) is 1.00. The minimum absolute atomic E-state index is 0.0174. The van der Waals surface area contributed by atoms with E-state index in [0.29, 0.717) is 6.54 Å². The molecule has 0 amide bonds. The molecule has 0 aliphatic carbocycles. The van der Waals surface area contributed by atoms with Gasteiger partial charge in [0.1, 0.15) is 0 Å². The molecule has 1 fully saturated rings. The standard InChI is InChI=1S/C8H17NO3S/c1-8(2)4-7(5-10)9(6-8)13(3,11)12/h7,10H,4-6H2,1-3H3. The summed E-state index contributed by atoms with van der Waals surface area (Å²) in [7, 11) is -3.16. The quantitative estimate of drug-likeness (QED) is 0.695. The van der Waals surface area contributed by atoms with E-state index in [4.69, 9.17) is 5.11 Å². The van der Waals surface area contributed by atoms with Crippen LogP contribution in [0.15, 0.2) is 0 Å². The summed E-state index contributed by atoms with van der Waals surface area (Å²) in [6, 6.07) is -0.231. The maximum absolute atomic E-state index is 11.3. The minimum atomic E-state index is -3.16. The van der Waals surface area contributed by atoms with Crippen LogP contribution < -0.4 is 0 Å². The van der Waals surface area contributed by atoms with E-state index >= 15 is 0 Å². The fourth-order valence-corrected chi connectivity index (χ4v) is 3.17. The molecule has 1 rings (SSSR count). The van der Waals surface area contributed by atoms with Gasteiger partial charge in [-0.1, -0.05) is 13.8 Å². The van der Waals surface area contributed by atoms with Crippen LogP contribution in [0.5, 0.6) is 0 Å². The van der Waals surface area contributed by atoms with E-state index in [2.05, 4.69) is 0 Å². The summed E-state index contributed by atoms with van der Waals surface area (Å²) in [6.45, 7) is 4.45. The van der Waals surface area contributed by atoms with Gasteiger partial charge in [-0.15, -0.1) is 0 Å². The highest BCUT2D eigenvalue weighted by molar-refractivity contribution is 7.88. The van der Waals surface area contributed by atoms with E-state index in [-0.39, 0.29) is 18.1 Å². The summed E-state index contributed by atoms with van der Waals surface area (Å²) < 4.78 is 24.0. The lowest BCUT2D eigenvalue weighted by atomic mass is 9.91. The second kappa shape index (κ2) is 3.22. The third kappa shape index (κ3) is 2.42. The molecule has 0 aromatic rings. The van der Waals surface area contributed by atoms with Gasteiger partial charge in [-0.25, -0.2) is 8.42 Å². The first-order valence-electron chi connectivity index (χ1n) is 4.34. The Kier molecular flexibility index (Phi) is 2.71. The first-order valence-corrected chi connectivity index (χ1v) is 6.19. The van der Waals surface area contributed by atoms with Crippen molar-refractivity contribution < 1.29 is 13.5 Å². The molecule has 78 valence electrons. The Morgan fingerprint density at radius 1 is 1.54 bits per heavy atom.